The van der Waals surface area contributed by atoms with Gasteiger partial charge < -0.3 is 11.1 Å². The summed E-state index contributed by atoms with van der Waals surface area (Å²) in [4.78, 5) is 12.1. The molecule has 5 heteroatoms. The number of thioether (sulfide) groups is 1. The number of carbonyl (C=O) groups is 1. The number of aryl methyl sites for hydroxylation is 1. The molecule has 0 spiro atoms. The second kappa shape index (κ2) is 6.03. The standard InChI is InChI=1S/C11H13N3OS/c1-8-3-2-4-9(11(8)13)16-7-10(15)14-6-5-12/h2-4H,6-7,13H2,1H3,(H,14,15). The van der Waals surface area contributed by atoms with Gasteiger partial charge in [0.05, 0.1) is 11.8 Å². The van der Waals surface area contributed by atoms with Crippen molar-refractivity contribution in [1.82, 2.24) is 5.32 Å². The highest BCUT2D eigenvalue weighted by Gasteiger charge is 2.05. The van der Waals surface area contributed by atoms with Gasteiger partial charge in [0.15, 0.2) is 0 Å². The molecule has 1 rings (SSSR count). The molecule has 0 aromatic heterocycles. The maximum Gasteiger partial charge on any atom is 0.231 e. The largest absolute Gasteiger partial charge is 0.398 e. The Morgan fingerprint density at radius 3 is 3.06 bits per heavy atom. The lowest BCUT2D eigenvalue weighted by Gasteiger charge is -2.07. The zero-order valence-electron chi connectivity index (χ0n) is 8.99. The van der Waals surface area contributed by atoms with Gasteiger partial charge in [-0.3, -0.25) is 4.79 Å². The first kappa shape index (κ1) is 12.4. The van der Waals surface area contributed by atoms with Crippen LogP contribution in [0.4, 0.5) is 5.69 Å². The molecule has 0 atom stereocenters. The predicted molar refractivity (Wildman–Crippen MR) is 64.9 cm³/mol. The van der Waals surface area contributed by atoms with Crippen molar-refractivity contribution in [2.75, 3.05) is 18.0 Å². The molecule has 0 aliphatic heterocycles. The maximum absolute atomic E-state index is 11.2. The summed E-state index contributed by atoms with van der Waals surface area (Å²) in [5.41, 5.74) is 7.58. The fraction of sp³-hybridized carbons (Fsp3) is 0.273. The van der Waals surface area contributed by atoms with Gasteiger partial charge in [0, 0.05) is 10.6 Å². The molecule has 0 saturated heterocycles. The molecule has 1 aromatic rings. The third-order valence-corrected chi connectivity index (χ3v) is 3.08. The van der Waals surface area contributed by atoms with Crippen LogP contribution >= 0.6 is 11.8 Å². The molecule has 0 bridgehead atoms. The van der Waals surface area contributed by atoms with Crippen molar-refractivity contribution in [3.8, 4) is 6.07 Å². The minimum Gasteiger partial charge on any atom is -0.398 e. The number of nitrogens with zero attached hydrogens (tertiary/aromatic N) is 1. The van der Waals surface area contributed by atoms with Crippen LogP contribution in [0.5, 0.6) is 0 Å². The highest BCUT2D eigenvalue weighted by molar-refractivity contribution is 8.00. The molecular formula is C11H13N3OS. The van der Waals surface area contributed by atoms with Crippen molar-refractivity contribution in [2.24, 2.45) is 0 Å². The van der Waals surface area contributed by atoms with E-state index in [0.717, 1.165) is 10.5 Å². The number of amides is 1. The van der Waals surface area contributed by atoms with Crippen LogP contribution < -0.4 is 11.1 Å². The number of nitriles is 1. The van der Waals surface area contributed by atoms with E-state index in [4.69, 9.17) is 11.0 Å². The van der Waals surface area contributed by atoms with Gasteiger partial charge >= 0.3 is 0 Å². The number of anilines is 1. The number of carbonyl (C=O) groups excluding carboxylic acids is 1. The Kier molecular flexibility index (Phi) is 4.67. The van der Waals surface area contributed by atoms with Gasteiger partial charge in [-0.1, -0.05) is 12.1 Å². The highest BCUT2D eigenvalue weighted by Crippen LogP contribution is 2.26. The van der Waals surface area contributed by atoms with E-state index in [1.54, 1.807) is 0 Å². The van der Waals surface area contributed by atoms with Gasteiger partial charge in [0.2, 0.25) is 5.91 Å². The maximum atomic E-state index is 11.2. The van der Waals surface area contributed by atoms with E-state index < -0.39 is 0 Å². The number of benzene rings is 1. The molecule has 1 aromatic carbocycles. The molecule has 0 saturated carbocycles. The molecule has 0 aliphatic carbocycles. The number of para-hydroxylation sites is 1. The Hall–Kier alpha value is -1.67. The summed E-state index contributed by atoms with van der Waals surface area (Å²) in [6, 6.07) is 7.56. The second-order valence-corrected chi connectivity index (χ2v) is 4.23. The first-order chi connectivity index (χ1) is 7.65. The average molecular weight is 235 g/mol. The third-order valence-electron chi connectivity index (χ3n) is 2.01. The predicted octanol–water partition coefficient (Wildman–Crippen LogP) is 1.31. The summed E-state index contributed by atoms with van der Waals surface area (Å²) in [6.45, 7) is 1.97. The number of nitrogens with two attached hydrogens (primary N) is 1. The van der Waals surface area contributed by atoms with Crippen molar-refractivity contribution in [1.29, 1.82) is 5.26 Å². The van der Waals surface area contributed by atoms with E-state index in [1.807, 2.05) is 31.2 Å². The van der Waals surface area contributed by atoms with Crippen LogP contribution in [0.2, 0.25) is 0 Å². The molecule has 16 heavy (non-hydrogen) atoms. The second-order valence-electron chi connectivity index (χ2n) is 3.21. The lowest BCUT2D eigenvalue weighted by molar-refractivity contribution is -0.118. The molecule has 0 aliphatic rings. The normalized spacial score (nSPS) is 9.50. The lowest BCUT2D eigenvalue weighted by atomic mass is 10.2. The van der Waals surface area contributed by atoms with Gasteiger partial charge in [-0.05, 0) is 18.6 Å². The number of rotatable bonds is 4. The summed E-state index contributed by atoms with van der Waals surface area (Å²) in [5, 5.41) is 10.8. The summed E-state index contributed by atoms with van der Waals surface area (Å²) in [5.74, 6) is 0.113. The molecule has 3 N–H and O–H groups in total. The van der Waals surface area contributed by atoms with E-state index in [1.165, 1.54) is 11.8 Å². The smallest absolute Gasteiger partial charge is 0.231 e. The van der Waals surface area contributed by atoms with Crippen LogP contribution in [-0.4, -0.2) is 18.2 Å². The van der Waals surface area contributed by atoms with Crippen molar-refractivity contribution in [3.05, 3.63) is 23.8 Å². The molecule has 4 nitrogen and oxygen atoms in total. The van der Waals surface area contributed by atoms with Crippen LogP contribution in [0.15, 0.2) is 23.1 Å². The van der Waals surface area contributed by atoms with Crippen molar-refractivity contribution < 1.29 is 4.79 Å². The first-order valence-corrected chi connectivity index (χ1v) is 5.75. The topological polar surface area (TPSA) is 78.9 Å². The van der Waals surface area contributed by atoms with Crippen LogP contribution in [0.1, 0.15) is 5.56 Å². The Morgan fingerprint density at radius 2 is 2.38 bits per heavy atom. The summed E-state index contributed by atoms with van der Waals surface area (Å²) in [6.07, 6.45) is 0. The molecular weight excluding hydrogens is 222 g/mol. The van der Waals surface area contributed by atoms with E-state index in [-0.39, 0.29) is 18.2 Å². The quantitative estimate of drug-likeness (QED) is 0.468. The molecule has 0 fully saturated rings. The monoisotopic (exact) mass is 235 g/mol. The van der Waals surface area contributed by atoms with Gasteiger partial charge in [-0.25, -0.2) is 0 Å². The Bertz CT molecular complexity index is 426. The number of nitrogens with one attached hydrogen (secondary N) is 1. The average Bonchev–Trinajstić information content (AvgIpc) is 2.28. The van der Waals surface area contributed by atoms with Crippen molar-refractivity contribution in [2.45, 2.75) is 11.8 Å². The summed E-state index contributed by atoms with van der Waals surface area (Å²) in [7, 11) is 0. The van der Waals surface area contributed by atoms with Gasteiger partial charge in [-0.2, -0.15) is 5.26 Å². The molecule has 1 amide bonds. The molecule has 0 unspecified atom stereocenters. The van der Waals surface area contributed by atoms with Crippen LogP contribution in [0, 0.1) is 18.3 Å². The Balaban J connectivity index is 2.52. The van der Waals surface area contributed by atoms with Crippen molar-refractivity contribution in [3.63, 3.8) is 0 Å². The zero-order valence-corrected chi connectivity index (χ0v) is 9.80. The van der Waals surface area contributed by atoms with Crippen LogP contribution in [0.3, 0.4) is 0 Å². The fourth-order valence-corrected chi connectivity index (χ4v) is 1.99. The van der Waals surface area contributed by atoms with Crippen LogP contribution in [0.25, 0.3) is 0 Å². The minimum atomic E-state index is -0.160. The highest BCUT2D eigenvalue weighted by atomic mass is 32.2. The Morgan fingerprint density at radius 1 is 1.62 bits per heavy atom. The molecule has 84 valence electrons. The minimum absolute atomic E-state index is 0.0443. The lowest BCUT2D eigenvalue weighted by Crippen LogP contribution is -2.25. The van der Waals surface area contributed by atoms with E-state index in [2.05, 4.69) is 5.32 Å². The third kappa shape index (κ3) is 3.48. The summed E-state index contributed by atoms with van der Waals surface area (Å²) >= 11 is 1.37. The van der Waals surface area contributed by atoms with Crippen molar-refractivity contribution >= 4 is 23.4 Å². The summed E-state index contributed by atoms with van der Waals surface area (Å²) < 4.78 is 0. The van der Waals surface area contributed by atoms with E-state index >= 15 is 0 Å². The number of hydrogen-bond donors (Lipinski definition) is 2. The van der Waals surface area contributed by atoms with Gasteiger partial charge in [0.25, 0.3) is 0 Å². The zero-order chi connectivity index (χ0) is 12.0. The van der Waals surface area contributed by atoms with E-state index in [0.29, 0.717) is 5.69 Å². The first-order valence-electron chi connectivity index (χ1n) is 4.76. The van der Waals surface area contributed by atoms with Crippen LogP contribution in [-0.2, 0) is 4.79 Å². The SMILES string of the molecule is Cc1cccc(SCC(=O)NCC#N)c1N. The number of nitrogen functional groups attached to an aromatic ring is 1. The molecule has 0 heterocycles. The Labute approximate surface area is 98.8 Å². The van der Waals surface area contributed by atoms with Gasteiger partial charge in [-0.15, -0.1) is 11.8 Å². The molecule has 0 radical (unpaired) electrons. The van der Waals surface area contributed by atoms with E-state index in [9.17, 15) is 4.79 Å². The van der Waals surface area contributed by atoms with Gasteiger partial charge in [0.1, 0.15) is 6.54 Å². The fourth-order valence-electron chi connectivity index (χ4n) is 1.11. The number of hydrogen-bond acceptors (Lipinski definition) is 4.